The molecule has 1 aliphatic heterocycles. The Kier molecular flexibility index (Phi) is 6.53. The predicted molar refractivity (Wildman–Crippen MR) is 122 cm³/mol. The molecule has 2 aromatic carbocycles. The lowest BCUT2D eigenvalue weighted by atomic mass is 10.1. The molecule has 1 aliphatic rings. The average molecular weight is 472 g/mol. The first-order valence-corrected chi connectivity index (χ1v) is 11.2. The molecule has 1 fully saturated rings. The van der Waals surface area contributed by atoms with Crippen molar-refractivity contribution in [1.82, 2.24) is 9.80 Å². The van der Waals surface area contributed by atoms with Crippen LogP contribution in [0.5, 0.6) is 0 Å². The first kappa shape index (κ1) is 22.0. The Hall–Kier alpha value is -3.23. The number of nitrogens with zero attached hydrogens (tertiary/aromatic N) is 2. The van der Waals surface area contributed by atoms with Crippen molar-refractivity contribution in [3.05, 3.63) is 86.8 Å². The zero-order valence-corrected chi connectivity index (χ0v) is 18.5. The summed E-state index contributed by atoms with van der Waals surface area (Å²) < 4.78 is 13.2. The lowest BCUT2D eigenvalue weighted by molar-refractivity contribution is 0.0535. The highest BCUT2D eigenvalue weighted by Crippen LogP contribution is 2.21. The van der Waals surface area contributed by atoms with Gasteiger partial charge in [0.25, 0.3) is 17.7 Å². The summed E-state index contributed by atoms with van der Waals surface area (Å²) >= 11 is 7.34. The van der Waals surface area contributed by atoms with Crippen LogP contribution in [0.15, 0.2) is 60.0 Å². The van der Waals surface area contributed by atoms with Crippen LogP contribution in [0.3, 0.4) is 0 Å². The number of hydrogen-bond acceptors (Lipinski definition) is 4. The van der Waals surface area contributed by atoms with Gasteiger partial charge in [-0.2, -0.15) is 0 Å². The number of piperazine rings is 1. The highest BCUT2D eigenvalue weighted by molar-refractivity contribution is 7.12. The Morgan fingerprint density at radius 1 is 0.906 bits per heavy atom. The van der Waals surface area contributed by atoms with Crippen molar-refractivity contribution in [3.8, 4) is 0 Å². The SMILES string of the molecule is O=C(Nc1cccc(C(=O)N2CCN(C(=O)c3ccc(F)cc3Cl)CC2)c1)c1cccs1. The number of benzene rings is 2. The zero-order chi connectivity index (χ0) is 22.7. The smallest absolute Gasteiger partial charge is 0.265 e. The zero-order valence-electron chi connectivity index (χ0n) is 16.9. The van der Waals surface area contributed by atoms with E-state index in [1.165, 1.54) is 23.5 Å². The van der Waals surface area contributed by atoms with Gasteiger partial charge in [-0.3, -0.25) is 14.4 Å². The molecule has 32 heavy (non-hydrogen) atoms. The molecule has 1 aromatic heterocycles. The number of carbonyl (C=O) groups excluding carboxylic acids is 3. The van der Waals surface area contributed by atoms with E-state index in [4.69, 9.17) is 11.6 Å². The Morgan fingerprint density at radius 2 is 1.62 bits per heavy atom. The maximum atomic E-state index is 13.2. The van der Waals surface area contributed by atoms with Crippen molar-refractivity contribution in [2.45, 2.75) is 0 Å². The van der Waals surface area contributed by atoms with Gasteiger partial charge in [-0.15, -0.1) is 11.3 Å². The molecule has 1 saturated heterocycles. The third-order valence-corrected chi connectivity index (χ3v) is 6.31. The van der Waals surface area contributed by atoms with E-state index in [2.05, 4.69) is 5.32 Å². The molecule has 6 nitrogen and oxygen atoms in total. The van der Waals surface area contributed by atoms with Crippen LogP contribution >= 0.6 is 22.9 Å². The minimum Gasteiger partial charge on any atom is -0.335 e. The van der Waals surface area contributed by atoms with Crippen molar-refractivity contribution >= 4 is 46.3 Å². The van der Waals surface area contributed by atoms with Gasteiger partial charge < -0.3 is 15.1 Å². The highest BCUT2D eigenvalue weighted by atomic mass is 35.5. The Morgan fingerprint density at radius 3 is 2.28 bits per heavy atom. The Labute approximate surface area is 193 Å². The van der Waals surface area contributed by atoms with E-state index in [-0.39, 0.29) is 28.3 Å². The second kappa shape index (κ2) is 9.50. The molecule has 1 N–H and O–H groups in total. The van der Waals surface area contributed by atoms with Crippen LogP contribution in [-0.2, 0) is 0 Å². The molecular weight excluding hydrogens is 453 g/mol. The molecule has 4 rings (SSSR count). The second-order valence-corrected chi connectivity index (χ2v) is 8.58. The molecule has 3 aromatic rings. The molecular formula is C23H19ClFN3O3S. The number of anilines is 1. The fourth-order valence-electron chi connectivity index (χ4n) is 3.46. The van der Waals surface area contributed by atoms with E-state index >= 15 is 0 Å². The monoisotopic (exact) mass is 471 g/mol. The van der Waals surface area contributed by atoms with Gasteiger partial charge in [-0.1, -0.05) is 23.7 Å². The van der Waals surface area contributed by atoms with Crippen LogP contribution in [0.25, 0.3) is 0 Å². The van der Waals surface area contributed by atoms with Gasteiger partial charge in [0.15, 0.2) is 0 Å². The molecule has 3 amide bonds. The summed E-state index contributed by atoms with van der Waals surface area (Å²) in [6.07, 6.45) is 0. The van der Waals surface area contributed by atoms with Crippen molar-refractivity contribution in [1.29, 1.82) is 0 Å². The van der Waals surface area contributed by atoms with Gasteiger partial charge >= 0.3 is 0 Å². The van der Waals surface area contributed by atoms with Gasteiger partial charge in [0, 0.05) is 37.4 Å². The maximum Gasteiger partial charge on any atom is 0.265 e. The van der Waals surface area contributed by atoms with Gasteiger partial charge in [0.2, 0.25) is 0 Å². The van der Waals surface area contributed by atoms with E-state index in [1.807, 2.05) is 5.38 Å². The molecule has 0 saturated carbocycles. The fraction of sp³-hybridized carbons (Fsp3) is 0.174. The number of carbonyl (C=O) groups is 3. The number of halogens is 2. The predicted octanol–water partition coefficient (Wildman–Crippen LogP) is 4.39. The third kappa shape index (κ3) is 4.81. The minimum atomic E-state index is -0.504. The molecule has 0 aliphatic carbocycles. The van der Waals surface area contributed by atoms with Crippen LogP contribution in [0.1, 0.15) is 30.4 Å². The second-order valence-electron chi connectivity index (χ2n) is 7.22. The van der Waals surface area contributed by atoms with Gasteiger partial charge in [0.1, 0.15) is 5.82 Å². The molecule has 0 radical (unpaired) electrons. The van der Waals surface area contributed by atoms with E-state index in [0.717, 1.165) is 6.07 Å². The van der Waals surface area contributed by atoms with Crippen molar-refractivity contribution in [2.75, 3.05) is 31.5 Å². The number of nitrogens with one attached hydrogen (secondary N) is 1. The molecule has 0 bridgehead atoms. The van der Waals surface area contributed by atoms with Crippen LogP contribution in [0.2, 0.25) is 5.02 Å². The largest absolute Gasteiger partial charge is 0.335 e. The van der Waals surface area contributed by atoms with E-state index in [0.29, 0.717) is 42.3 Å². The quantitative estimate of drug-likeness (QED) is 0.613. The van der Waals surface area contributed by atoms with Crippen molar-refractivity contribution < 1.29 is 18.8 Å². The third-order valence-electron chi connectivity index (χ3n) is 5.13. The molecule has 0 spiro atoms. The summed E-state index contributed by atoms with van der Waals surface area (Å²) in [6, 6.07) is 14.0. The summed E-state index contributed by atoms with van der Waals surface area (Å²) in [5, 5.41) is 4.69. The lowest BCUT2D eigenvalue weighted by Crippen LogP contribution is -2.50. The number of rotatable bonds is 4. The van der Waals surface area contributed by atoms with Crippen LogP contribution in [-0.4, -0.2) is 53.7 Å². The highest BCUT2D eigenvalue weighted by Gasteiger charge is 2.26. The fourth-order valence-corrected chi connectivity index (χ4v) is 4.33. The summed E-state index contributed by atoms with van der Waals surface area (Å²) in [5.74, 6) is -1.20. The standard InChI is InChI=1S/C23H19ClFN3O3S/c24-19-14-16(25)6-7-18(19)23(31)28-10-8-27(9-11-28)22(30)15-3-1-4-17(13-15)26-21(29)20-5-2-12-32-20/h1-7,12-14H,8-11H2,(H,26,29). The lowest BCUT2D eigenvalue weighted by Gasteiger charge is -2.35. The maximum absolute atomic E-state index is 13.2. The molecule has 2 heterocycles. The van der Waals surface area contributed by atoms with Crippen LogP contribution in [0, 0.1) is 5.82 Å². The van der Waals surface area contributed by atoms with Gasteiger partial charge in [0.05, 0.1) is 15.5 Å². The molecule has 9 heteroatoms. The van der Waals surface area contributed by atoms with Crippen LogP contribution < -0.4 is 5.32 Å². The minimum absolute atomic E-state index is 0.0647. The first-order valence-electron chi connectivity index (χ1n) is 9.91. The molecule has 0 unspecified atom stereocenters. The summed E-state index contributed by atoms with van der Waals surface area (Å²) in [5.41, 5.74) is 1.23. The van der Waals surface area contributed by atoms with Crippen molar-refractivity contribution in [2.24, 2.45) is 0 Å². The summed E-state index contributed by atoms with van der Waals surface area (Å²) in [4.78, 5) is 41.8. The van der Waals surface area contributed by atoms with E-state index in [1.54, 1.807) is 46.2 Å². The summed E-state index contributed by atoms with van der Waals surface area (Å²) in [6.45, 7) is 1.39. The number of thiophene rings is 1. The Bertz CT molecular complexity index is 1160. The van der Waals surface area contributed by atoms with Gasteiger partial charge in [-0.25, -0.2) is 4.39 Å². The molecule has 0 atom stereocenters. The topological polar surface area (TPSA) is 69.7 Å². The summed E-state index contributed by atoms with van der Waals surface area (Å²) in [7, 11) is 0. The number of hydrogen-bond donors (Lipinski definition) is 1. The average Bonchev–Trinajstić information content (AvgIpc) is 3.34. The van der Waals surface area contributed by atoms with Gasteiger partial charge in [-0.05, 0) is 47.8 Å². The normalized spacial score (nSPS) is 13.7. The Balaban J connectivity index is 1.38. The van der Waals surface area contributed by atoms with Crippen LogP contribution in [0.4, 0.5) is 10.1 Å². The number of amides is 3. The first-order chi connectivity index (χ1) is 15.4. The van der Waals surface area contributed by atoms with Crippen molar-refractivity contribution in [3.63, 3.8) is 0 Å². The van der Waals surface area contributed by atoms with E-state index < -0.39 is 5.82 Å². The molecule has 164 valence electrons. The van der Waals surface area contributed by atoms with E-state index in [9.17, 15) is 18.8 Å².